The highest BCUT2D eigenvalue weighted by Crippen LogP contribution is 2.49. The Bertz CT molecular complexity index is 212. The Morgan fingerprint density at radius 3 is 2.69 bits per heavy atom. The van der Waals surface area contributed by atoms with E-state index < -0.39 is 0 Å². The van der Waals surface area contributed by atoms with Crippen molar-refractivity contribution in [2.75, 3.05) is 18.1 Å². The molecular formula is C9H14O2S2. The lowest BCUT2D eigenvalue weighted by Crippen LogP contribution is -2.33. The van der Waals surface area contributed by atoms with Crippen LogP contribution in [0.4, 0.5) is 0 Å². The summed E-state index contributed by atoms with van der Waals surface area (Å²) >= 11 is 3.86. The van der Waals surface area contributed by atoms with Crippen LogP contribution in [0.15, 0.2) is 0 Å². The maximum absolute atomic E-state index is 11.4. The van der Waals surface area contributed by atoms with Gasteiger partial charge in [0.25, 0.3) is 0 Å². The van der Waals surface area contributed by atoms with Gasteiger partial charge in [0.15, 0.2) is 0 Å². The highest BCUT2D eigenvalue weighted by atomic mass is 32.2. The Hall–Kier alpha value is 0.170. The number of thioether (sulfide) groups is 2. The fourth-order valence-electron chi connectivity index (χ4n) is 1.82. The van der Waals surface area contributed by atoms with E-state index in [0.717, 1.165) is 6.42 Å². The summed E-state index contributed by atoms with van der Waals surface area (Å²) in [4.78, 5) is 11.4. The minimum Gasteiger partial charge on any atom is -0.465 e. The van der Waals surface area contributed by atoms with Gasteiger partial charge in [0.05, 0.1) is 16.6 Å². The lowest BCUT2D eigenvalue weighted by atomic mass is 10.0. The Balaban J connectivity index is 2.07. The summed E-state index contributed by atoms with van der Waals surface area (Å²) in [5, 5.41) is 0. The van der Waals surface area contributed by atoms with Gasteiger partial charge in [-0.25, -0.2) is 0 Å². The fourth-order valence-corrected chi connectivity index (χ4v) is 5.06. The average molecular weight is 218 g/mol. The van der Waals surface area contributed by atoms with Gasteiger partial charge in [-0.15, -0.1) is 23.5 Å². The van der Waals surface area contributed by atoms with Gasteiger partial charge in [0.1, 0.15) is 0 Å². The van der Waals surface area contributed by atoms with Gasteiger partial charge in [0, 0.05) is 0 Å². The second-order valence-corrected chi connectivity index (χ2v) is 6.92. The number of esters is 1. The first-order valence-electron chi connectivity index (χ1n) is 4.67. The van der Waals surface area contributed by atoms with E-state index in [2.05, 4.69) is 6.92 Å². The Labute approximate surface area is 87.2 Å². The van der Waals surface area contributed by atoms with E-state index in [4.69, 9.17) is 4.74 Å². The molecule has 13 heavy (non-hydrogen) atoms. The molecule has 0 aromatic rings. The van der Waals surface area contributed by atoms with E-state index in [9.17, 15) is 4.79 Å². The van der Waals surface area contributed by atoms with Crippen LogP contribution in [0.3, 0.4) is 0 Å². The van der Waals surface area contributed by atoms with Crippen molar-refractivity contribution in [2.45, 2.75) is 23.8 Å². The first-order valence-corrected chi connectivity index (χ1v) is 6.64. The largest absolute Gasteiger partial charge is 0.465 e. The summed E-state index contributed by atoms with van der Waals surface area (Å²) in [5.74, 6) is 2.52. The Kier molecular flexibility index (Phi) is 2.79. The van der Waals surface area contributed by atoms with Crippen LogP contribution in [0.5, 0.6) is 0 Å². The van der Waals surface area contributed by atoms with E-state index >= 15 is 0 Å². The molecule has 4 heteroatoms. The highest BCUT2D eigenvalue weighted by molar-refractivity contribution is 8.18. The zero-order chi connectivity index (χ0) is 9.31. The van der Waals surface area contributed by atoms with Gasteiger partial charge >= 0.3 is 5.97 Å². The molecule has 0 aliphatic carbocycles. The van der Waals surface area contributed by atoms with Gasteiger partial charge in [0.2, 0.25) is 0 Å². The summed E-state index contributed by atoms with van der Waals surface area (Å²) in [7, 11) is 0. The monoisotopic (exact) mass is 218 g/mol. The van der Waals surface area contributed by atoms with Gasteiger partial charge in [-0.1, -0.05) is 0 Å². The minimum absolute atomic E-state index is 0.0180. The molecule has 0 aromatic heterocycles. The molecule has 0 saturated carbocycles. The van der Waals surface area contributed by atoms with E-state index in [-0.39, 0.29) is 16.0 Å². The third kappa shape index (κ3) is 1.84. The second kappa shape index (κ2) is 3.73. The number of cyclic esters (lactones) is 1. The third-order valence-corrected chi connectivity index (χ3v) is 6.04. The quantitative estimate of drug-likeness (QED) is 0.630. The normalized spacial score (nSPS) is 33.0. The van der Waals surface area contributed by atoms with E-state index in [1.807, 2.05) is 23.5 Å². The molecule has 2 aliphatic rings. The molecule has 0 bridgehead atoms. The highest BCUT2D eigenvalue weighted by Gasteiger charge is 2.44. The summed E-state index contributed by atoms with van der Waals surface area (Å²) in [6.45, 7) is 2.82. The van der Waals surface area contributed by atoms with Crippen molar-refractivity contribution >= 4 is 29.5 Å². The summed E-state index contributed by atoms with van der Waals surface area (Å²) in [6.07, 6.45) is 2.18. The molecule has 1 unspecified atom stereocenters. The molecule has 0 radical (unpaired) electrons. The minimum atomic E-state index is 0.0180. The molecule has 0 amide bonds. The first kappa shape index (κ1) is 9.71. The van der Waals surface area contributed by atoms with Crippen molar-refractivity contribution in [3.05, 3.63) is 0 Å². The molecule has 0 aromatic carbocycles. The first-order chi connectivity index (χ1) is 6.22. The van der Waals surface area contributed by atoms with E-state index in [0.29, 0.717) is 6.61 Å². The van der Waals surface area contributed by atoms with Gasteiger partial charge in [-0.2, -0.15) is 0 Å². The van der Waals surface area contributed by atoms with Crippen molar-refractivity contribution in [3.8, 4) is 0 Å². The maximum atomic E-state index is 11.4. The third-order valence-electron chi connectivity index (χ3n) is 2.63. The van der Waals surface area contributed by atoms with Crippen molar-refractivity contribution in [1.82, 2.24) is 0 Å². The maximum Gasteiger partial charge on any atom is 0.311 e. The number of carbonyl (C=O) groups excluding carboxylic acids is 1. The lowest BCUT2D eigenvalue weighted by molar-refractivity contribution is -0.141. The van der Waals surface area contributed by atoms with Crippen LogP contribution >= 0.6 is 23.5 Å². The predicted octanol–water partition coefficient (Wildman–Crippen LogP) is 2.14. The molecule has 0 spiro atoms. The second-order valence-electron chi connectivity index (χ2n) is 3.58. The molecule has 2 heterocycles. The van der Waals surface area contributed by atoms with Gasteiger partial charge < -0.3 is 4.74 Å². The molecule has 2 aliphatic heterocycles. The van der Waals surface area contributed by atoms with Crippen molar-refractivity contribution in [1.29, 1.82) is 0 Å². The van der Waals surface area contributed by atoms with Gasteiger partial charge in [-0.3, -0.25) is 4.79 Å². The van der Waals surface area contributed by atoms with E-state index in [1.54, 1.807) is 0 Å². The molecule has 2 fully saturated rings. The number of hydrogen-bond donors (Lipinski definition) is 0. The van der Waals surface area contributed by atoms with Crippen LogP contribution < -0.4 is 0 Å². The number of rotatable bonds is 1. The van der Waals surface area contributed by atoms with Crippen LogP contribution in [0.2, 0.25) is 0 Å². The van der Waals surface area contributed by atoms with Crippen LogP contribution in [0.1, 0.15) is 19.8 Å². The van der Waals surface area contributed by atoms with E-state index in [1.165, 1.54) is 17.9 Å². The topological polar surface area (TPSA) is 26.3 Å². The smallest absolute Gasteiger partial charge is 0.311 e. The number of carbonyl (C=O) groups is 1. The predicted molar refractivity (Wildman–Crippen MR) is 57.0 cm³/mol. The molecule has 2 nitrogen and oxygen atoms in total. The molecule has 2 rings (SSSR count). The van der Waals surface area contributed by atoms with Crippen LogP contribution in [0, 0.1) is 5.92 Å². The molecular weight excluding hydrogens is 204 g/mol. The number of hydrogen-bond acceptors (Lipinski definition) is 4. The van der Waals surface area contributed by atoms with Crippen LogP contribution in [-0.4, -0.2) is 28.2 Å². The standard InChI is InChI=1S/C9H14O2S2/c1-9(12-5-2-6-13-9)7-3-4-11-8(7)10/h7H,2-6H2,1H3. The van der Waals surface area contributed by atoms with Gasteiger partial charge in [-0.05, 0) is 31.3 Å². The fraction of sp³-hybridized carbons (Fsp3) is 0.889. The van der Waals surface area contributed by atoms with Crippen LogP contribution in [0.25, 0.3) is 0 Å². The Morgan fingerprint density at radius 2 is 2.15 bits per heavy atom. The molecule has 0 N–H and O–H groups in total. The summed E-state index contributed by atoms with van der Waals surface area (Å²) in [6, 6.07) is 0. The Morgan fingerprint density at radius 1 is 1.46 bits per heavy atom. The lowest BCUT2D eigenvalue weighted by Gasteiger charge is -2.35. The zero-order valence-corrected chi connectivity index (χ0v) is 9.38. The molecule has 74 valence electrons. The zero-order valence-electron chi connectivity index (χ0n) is 7.75. The number of ether oxygens (including phenoxy) is 1. The van der Waals surface area contributed by atoms with Crippen LogP contribution in [-0.2, 0) is 9.53 Å². The average Bonchev–Trinajstić information content (AvgIpc) is 2.53. The van der Waals surface area contributed by atoms with Crippen molar-refractivity contribution in [2.24, 2.45) is 5.92 Å². The summed E-state index contributed by atoms with van der Waals surface area (Å²) in [5.41, 5.74) is 0. The van der Waals surface area contributed by atoms with Crippen molar-refractivity contribution < 1.29 is 9.53 Å². The van der Waals surface area contributed by atoms with Crippen molar-refractivity contribution in [3.63, 3.8) is 0 Å². The summed E-state index contributed by atoms with van der Waals surface area (Å²) < 4.78 is 5.11. The SMILES string of the molecule is CC1(C2CCOC2=O)SCCCS1. The molecule has 1 atom stereocenters. The molecule has 2 saturated heterocycles.